The largest absolute Gasteiger partial charge is 0.460 e. The van der Waals surface area contributed by atoms with E-state index >= 15 is 0 Å². The van der Waals surface area contributed by atoms with Gasteiger partial charge < -0.3 is 0 Å². The molecule has 0 amide bonds. The zero-order valence-electron chi connectivity index (χ0n) is 17.0. The first-order valence-electron chi connectivity index (χ1n) is 9.74. The number of hydrogen-bond donors (Lipinski definition) is 0. The van der Waals surface area contributed by atoms with E-state index in [0.29, 0.717) is 38.5 Å². The van der Waals surface area contributed by atoms with Crippen molar-refractivity contribution < 1.29 is 56.4 Å². The van der Waals surface area contributed by atoms with E-state index in [4.69, 9.17) is 0 Å². The Morgan fingerprint density at radius 2 is 1.47 bits per heavy atom. The van der Waals surface area contributed by atoms with E-state index in [2.05, 4.69) is 3.63 Å². The van der Waals surface area contributed by atoms with Gasteiger partial charge in [-0.1, -0.05) is 32.6 Å². The molecule has 0 N–H and O–H groups in total. The van der Waals surface area contributed by atoms with Gasteiger partial charge in [0.2, 0.25) is 5.75 Å². The molecule has 0 radical (unpaired) electrons. The summed E-state index contributed by atoms with van der Waals surface area (Å²) in [5.41, 5.74) is 0. The third-order valence-electron chi connectivity index (χ3n) is 4.89. The van der Waals surface area contributed by atoms with E-state index < -0.39 is 56.1 Å². The molecule has 0 aromatic heterocycles. The lowest BCUT2D eigenvalue weighted by atomic mass is 9.91. The second-order valence-corrected chi connectivity index (χ2v) is 11.0. The number of alkyl halides is 9. The average molecular weight is 527 g/mol. The predicted octanol–water partition coefficient (Wildman–Crippen LogP) is 5.63. The van der Waals surface area contributed by atoms with Crippen LogP contribution in [-0.4, -0.2) is 49.0 Å². The van der Waals surface area contributed by atoms with E-state index in [0.717, 1.165) is 6.42 Å². The topological polar surface area (TPSA) is 60.4 Å². The first-order chi connectivity index (χ1) is 14.4. The van der Waals surface area contributed by atoms with E-state index in [1.807, 2.05) is 0 Å². The lowest BCUT2D eigenvalue weighted by Gasteiger charge is -2.32. The SMILES string of the molecule is CCCCC(=O)C[S+](CC1CCCCC1)OS(=O)(=O)C(F)(F)C(F)(F)C(F)(F)C(F)(F)F. The van der Waals surface area contributed by atoms with Gasteiger partial charge in [0, 0.05) is 12.3 Å². The van der Waals surface area contributed by atoms with E-state index in [1.54, 1.807) is 6.92 Å². The molecule has 0 saturated heterocycles. The summed E-state index contributed by atoms with van der Waals surface area (Å²) in [7, 11) is -6.98. The zero-order valence-corrected chi connectivity index (χ0v) is 18.6. The summed E-state index contributed by atoms with van der Waals surface area (Å²) in [6.07, 6.45) is -3.08. The van der Waals surface area contributed by atoms with Crippen molar-refractivity contribution >= 4 is 27.1 Å². The molecule has 32 heavy (non-hydrogen) atoms. The molecule has 0 aromatic carbocycles. The van der Waals surface area contributed by atoms with Crippen LogP contribution >= 0.6 is 0 Å². The Morgan fingerprint density at radius 1 is 0.938 bits per heavy atom. The van der Waals surface area contributed by atoms with Crippen molar-refractivity contribution in [3.63, 3.8) is 0 Å². The summed E-state index contributed by atoms with van der Waals surface area (Å²) in [4.78, 5) is 12.0. The molecule has 0 bridgehead atoms. The van der Waals surface area contributed by atoms with Crippen LogP contribution < -0.4 is 0 Å². The molecule has 4 nitrogen and oxygen atoms in total. The average Bonchev–Trinajstić information content (AvgIpc) is 2.65. The minimum atomic E-state index is -7.36. The van der Waals surface area contributed by atoms with Crippen LogP contribution in [0.5, 0.6) is 0 Å². The molecule has 1 aliphatic carbocycles. The number of ketones is 1. The van der Waals surface area contributed by atoms with Crippen LogP contribution in [0, 0.1) is 5.92 Å². The Kier molecular flexibility index (Phi) is 9.81. The van der Waals surface area contributed by atoms with Gasteiger partial charge in [-0.3, -0.25) is 4.79 Å². The maximum absolute atomic E-state index is 14.0. The van der Waals surface area contributed by atoms with Crippen molar-refractivity contribution in [1.82, 2.24) is 0 Å². The van der Waals surface area contributed by atoms with Crippen LogP contribution in [0.4, 0.5) is 39.5 Å². The highest BCUT2D eigenvalue weighted by Crippen LogP contribution is 2.55. The summed E-state index contributed by atoms with van der Waals surface area (Å²) in [5, 5.41) is -6.91. The number of carbonyl (C=O) groups is 1. The van der Waals surface area contributed by atoms with E-state index in [1.165, 1.54) is 0 Å². The predicted molar refractivity (Wildman–Crippen MR) is 99.1 cm³/mol. The smallest absolute Gasteiger partial charge is 0.294 e. The van der Waals surface area contributed by atoms with Crippen LogP contribution in [0.2, 0.25) is 0 Å². The second kappa shape index (κ2) is 10.7. The summed E-state index contributed by atoms with van der Waals surface area (Å²) in [6, 6.07) is 0. The normalized spacial score (nSPS) is 18.6. The molecule has 15 heteroatoms. The fourth-order valence-corrected chi connectivity index (χ4v) is 6.73. The first-order valence-corrected chi connectivity index (χ1v) is 12.6. The maximum atomic E-state index is 14.0. The Labute approximate surface area is 182 Å². The number of carbonyl (C=O) groups excluding carboxylic acids is 1. The highest BCUT2D eigenvalue weighted by atomic mass is 32.3. The Balaban J connectivity index is 3.19. The van der Waals surface area contributed by atoms with Crippen LogP contribution in [0.15, 0.2) is 0 Å². The molecule has 1 saturated carbocycles. The number of unbranched alkanes of at least 4 members (excludes halogenated alkanes) is 1. The number of hydrogen-bond acceptors (Lipinski definition) is 4. The molecule has 190 valence electrons. The third kappa shape index (κ3) is 6.45. The van der Waals surface area contributed by atoms with Crippen molar-refractivity contribution in [2.45, 2.75) is 81.6 Å². The molecule has 0 aliphatic heterocycles. The quantitative estimate of drug-likeness (QED) is 0.244. The van der Waals surface area contributed by atoms with Gasteiger partial charge >= 0.3 is 33.4 Å². The minimum absolute atomic E-state index is 0.0905. The van der Waals surface area contributed by atoms with Gasteiger partial charge in [-0.05, 0) is 22.9 Å². The fourth-order valence-electron chi connectivity index (χ4n) is 3.04. The molecule has 1 fully saturated rings. The molecule has 1 unspecified atom stereocenters. The molecule has 1 atom stereocenters. The molecule has 1 aliphatic rings. The van der Waals surface area contributed by atoms with Gasteiger partial charge in [0.1, 0.15) is 5.75 Å². The Morgan fingerprint density at radius 3 is 1.94 bits per heavy atom. The number of rotatable bonds is 12. The van der Waals surface area contributed by atoms with E-state index in [-0.39, 0.29) is 18.1 Å². The van der Waals surface area contributed by atoms with Crippen molar-refractivity contribution in [3.8, 4) is 0 Å². The highest BCUT2D eigenvalue weighted by molar-refractivity contribution is 8.03. The molecular weight excluding hydrogens is 503 g/mol. The summed E-state index contributed by atoms with van der Waals surface area (Å²) < 4.78 is 146. The van der Waals surface area contributed by atoms with Gasteiger partial charge in [-0.25, -0.2) is 0 Å². The van der Waals surface area contributed by atoms with Gasteiger partial charge in [0.15, 0.2) is 17.0 Å². The van der Waals surface area contributed by atoms with Crippen LogP contribution in [0.25, 0.3) is 0 Å². The van der Waals surface area contributed by atoms with Crippen LogP contribution in [-0.2, 0) is 29.7 Å². The molecule has 1 rings (SSSR count). The van der Waals surface area contributed by atoms with Crippen LogP contribution in [0.1, 0.15) is 58.3 Å². The van der Waals surface area contributed by atoms with Gasteiger partial charge in [-0.2, -0.15) is 47.9 Å². The molecule has 0 spiro atoms. The number of halogens is 9. The highest BCUT2D eigenvalue weighted by Gasteiger charge is 2.86. The lowest BCUT2D eigenvalue weighted by Crippen LogP contribution is -2.63. The summed E-state index contributed by atoms with van der Waals surface area (Å²) >= 11 is -2.23. The van der Waals surface area contributed by atoms with Crippen molar-refractivity contribution in [1.29, 1.82) is 0 Å². The molecule has 0 heterocycles. The Bertz CT molecular complexity index is 733. The summed E-state index contributed by atoms with van der Waals surface area (Å²) in [5.74, 6) is -16.7. The fraction of sp³-hybridized carbons (Fsp3) is 0.941. The van der Waals surface area contributed by atoms with E-state index in [9.17, 15) is 52.7 Å². The lowest BCUT2D eigenvalue weighted by molar-refractivity contribution is -0.382. The standard InChI is InChI=1S/C17H24F9O4S2/c1-2-3-9-13(27)11-31(10-12-7-5-4-6-8-12)30-32(28,29)17(25,26)15(20,21)14(18,19)16(22,23)24/h12H,2-11H2,1H3/q+1. The molecule has 0 aromatic rings. The Hall–Kier alpha value is -0.700. The summed E-state index contributed by atoms with van der Waals surface area (Å²) in [6.45, 7) is 1.72. The van der Waals surface area contributed by atoms with Gasteiger partial charge in [0.25, 0.3) is 0 Å². The zero-order chi connectivity index (χ0) is 25.0. The van der Waals surface area contributed by atoms with Crippen molar-refractivity contribution in [2.24, 2.45) is 5.92 Å². The van der Waals surface area contributed by atoms with Crippen LogP contribution in [0.3, 0.4) is 0 Å². The first kappa shape index (κ1) is 29.3. The van der Waals surface area contributed by atoms with Gasteiger partial charge in [0.05, 0.1) is 0 Å². The van der Waals surface area contributed by atoms with Gasteiger partial charge in [-0.15, -0.1) is 0 Å². The molecular formula is C17H24F9O4S2+. The minimum Gasteiger partial charge on any atom is -0.294 e. The van der Waals surface area contributed by atoms with Crippen molar-refractivity contribution in [2.75, 3.05) is 11.5 Å². The second-order valence-electron chi connectivity index (χ2n) is 7.58. The maximum Gasteiger partial charge on any atom is 0.460 e. The number of Topliss-reactive ketones (excluding diaryl/α,β-unsaturated/α-hetero) is 1. The van der Waals surface area contributed by atoms with Crippen molar-refractivity contribution in [3.05, 3.63) is 0 Å². The monoisotopic (exact) mass is 527 g/mol. The third-order valence-corrected chi connectivity index (χ3v) is 8.75.